The third-order valence-corrected chi connectivity index (χ3v) is 2.72. The van der Waals surface area contributed by atoms with Crippen LogP contribution in [0.1, 0.15) is 40.0 Å². The Bertz CT molecular complexity index is 244. The molecule has 0 spiro atoms. The van der Waals surface area contributed by atoms with Crippen LogP contribution in [0.15, 0.2) is 0 Å². The van der Waals surface area contributed by atoms with Crippen molar-refractivity contribution in [2.75, 3.05) is 6.61 Å². The summed E-state index contributed by atoms with van der Waals surface area (Å²) >= 11 is -1.79. The molecule has 0 aromatic heterocycles. The molecule has 1 saturated heterocycles. The molecule has 0 saturated carbocycles. The Morgan fingerprint density at radius 1 is 1.50 bits per heavy atom. The van der Waals surface area contributed by atoms with E-state index in [1.807, 2.05) is 6.92 Å². The van der Waals surface area contributed by atoms with Gasteiger partial charge in [-0.25, -0.2) is 0 Å². The quantitative estimate of drug-likeness (QED) is 0.736. The second-order valence-electron chi connectivity index (χ2n) is 4.82. The van der Waals surface area contributed by atoms with Gasteiger partial charge in [0.25, 0.3) is 0 Å². The van der Waals surface area contributed by atoms with Gasteiger partial charge in [0.1, 0.15) is 0 Å². The van der Waals surface area contributed by atoms with Crippen LogP contribution < -0.4 is 0 Å². The van der Waals surface area contributed by atoms with Gasteiger partial charge in [-0.1, -0.05) is 0 Å². The van der Waals surface area contributed by atoms with Gasteiger partial charge < -0.3 is 14.9 Å². The van der Waals surface area contributed by atoms with E-state index in [9.17, 15) is 5.11 Å². The molecule has 2 atom stereocenters. The second-order valence-corrected chi connectivity index (χ2v) is 5.11. The van der Waals surface area contributed by atoms with Gasteiger partial charge in [-0.2, -0.15) is 0 Å². The number of rotatable bonds is 2. The average molecular weight is 321 g/mol. The molecule has 2 N–H and O–H groups in total. The predicted octanol–water partition coefficient (Wildman–Crippen LogP) is 0.837. The maximum absolute atomic E-state index is 9.76. The Balaban J connectivity index is 0.000000673. The van der Waals surface area contributed by atoms with Crippen molar-refractivity contribution in [3.8, 4) is 0 Å². The Morgan fingerprint density at radius 3 is 2.38 bits per heavy atom. The van der Waals surface area contributed by atoms with Crippen LogP contribution in [0.3, 0.4) is 0 Å². The molecule has 1 aliphatic rings. The van der Waals surface area contributed by atoms with E-state index in [1.54, 1.807) is 13.8 Å². The molecule has 0 aliphatic carbocycles. The molecule has 1 rings (SSSR count). The topological polar surface area (TPSA) is 83.8 Å². The van der Waals surface area contributed by atoms with Crippen molar-refractivity contribution in [2.24, 2.45) is 0 Å². The standard InChI is InChI=1S/C10H20O3.2O.Ru/c1-9(2,12)8-5-4-6-10(3,7-11)13-8;;;/h8,11-12H,4-7H2,1-3H3;;;/t8-,10-;;;/m1.../s1. The summed E-state index contributed by atoms with van der Waals surface area (Å²) in [6, 6.07) is 0. The van der Waals surface area contributed by atoms with Crippen LogP contribution >= 0.6 is 0 Å². The molecule has 1 fully saturated rings. The minimum absolute atomic E-state index is 0.0274. The van der Waals surface area contributed by atoms with Gasteiger partial charge in [0.15, 0.2) is 0 Å². The van der Waals surface area contributed by atoms with Gasteiger partial charge in [-0.05, 0) is 40.0 Å². The predicted molar refractivity (Wildman–Crippen MR) is 51.9 cm³/mol. The zero-order chi connectivity index (χ0) is 12.8. The van der Waals surface area contributed by atoms with Crippen molar-refractivity contribution in [1.82, 2.24) is 0 Å². The summed E-state index contributed by atoms with van der Waals surface area (Å²) in [5, 5.41) is 18.9. The summed E-state index contributed by atoms with van der Waals surface area (Å²) in [6.07, 6.45) is 2.60. The van der Waals surface area contributed by atoms with Gasteiger partial charge in [0.2, 0.25) is 0 Å². The van der Waals surface area contributed by atoms with Crippen molar-refractivity contribution in [3.63, 3.8) is 0 Å². The van der Waals surface area contributed by atoms with Crippen molar-refractivity contribution in [3.05, 3.63) is 0 Å². The molecule has 1 aliphatic heterocycles. The molecule has 6 heteroatoms. The monoisotopic (exact) mass is 322 g/mol. The van der Waals surface area contributed by atoms with E-state index in [0.717, 1.165) is 19.3 Å². The van der Waals surface area contributed by atoms with Crippen molar-refractivity contribution >= 4 is 0 Å². The number of hydrogen-bond acceptors (Lipinski definition) is 5. The fourth-order valence-corrected chi connectivity index (χ4v) is 1.74. The summed E-state index contributed by atoms with van der Waals surface area (Å²) in [4.78, 5) is 0. The van der Waals surface area contributed by atoms with E-state index in [2.05, 4.69) is 0 Å². The number of hydrogen-bond donors (Lipinski definition) is 2. The Morgan fingerprint density at radius 2 is 2.00 bits per heavy atom. The van der Waals surface area contributed by atoms with E-state index >= 15 is 0 Å². The average Bonchev–Trinajstić information content (AvgIpc) is 2.18. The van der Waals surface area contributed by atoms with E-state index in [1.165, 1.54) is 0 Å². The van der Waals surface area contributed by atoms with Crippen molar-refractivity contribution in [2.45, 2.75) is 57.3 Å². The number of aliphatic hydroxyl groups is 2. The molecule has 0 amide bonds. The summed E-state index contributed by atoms with van der Waals surface area (Å²) in [7, 11) is 0. The molecule has 0 aromatic rings. The zero-order valence-electron chi connectivity index (χ0n) is 9.88. The van der Waals surface area contributed by atoms with E-state index < -0.39 is 28.2 Å². The summed E-state index contributed by atoms with van der Waals surface area (Å²) < 4.78 is 22.6. The molecule has 0 unspecified atom stereocenters. The first-order valence-corrected chi connectivity index (χ1v) is 6.59. The van der Waals surface area contributed by atoms with Crippen LogP contribution in [0.4, 0.5) is 0 Å². The number of ether oxygens (including phenoxy) is 1. The molecule has 0 bridgehead atoms. The van der Waals surface area contributed by atoms with Gasteiger partial charge in [0, 0.05) is 0 Å². The van der Waals surface area contributed by atoms with Gasteiger partial charge in [0.05, 0.1) is 23.9 Å². The first-order chi connectivity index (χ1) is 7.29. The van der Waals surface area contributed by atoms with Gasteiger partial charge in [-0.3, -0.25) is 0 Å². The van der Waals surface area contributed by atoms with Crippen LogP contribution in [-0.2, 0) is 28.9 Å². The summed E-state index contributed by atoms with van der Waals surface area (Å²) in [5.74, 6) is 0. The van der Waals surface area contributed by atoms with Crippen molar-refractivity contribution < 1.29 is 39.1 Å². The Hall–Kier alpha value is 0.103. The third kappa shape index (κ3) is 5.44. The van der Waals surface area contributed by atoms with Crippen LogP contribution in [0.25, 0.3) is 0 Å². The molecule has 1 heterocycles. The van der Waals surface area contributed by atoms with Crippen LogP contribution in [0.2, 0.25) is 0 Å². The molecule has 5 nitrogen and oxygen atoms in total. The zero-order valence-corrected chi connectivity index (χ0v) is 11.6. The van der Waals surface area contributed by atoms with Crippen LogP contribution in [0, 0.1) is 0 Å². The summed E-state index contributed by atoms with van der Waals surface area (Å²) in [6.45, 7) is 5.42. The first kappa shape index (κ1) is 16.1. The number of aliphatic hydroxyl groups excluding tert-OH is 1. The first-order valence-electron chi connectivity index (χ1n) is 5.17. The van der Waals surface area contributed by atoms with Gasteiger partial charge >= 0.3 is 24.2 Å². The van der Waals surface area contributed by atoms with E-state index in [0.29, 0.717) is 0 Å². The summed E-state index contributed by atoms with van der Waals surface area (Å²) in [5.41, 5.74) is -1.26. The Kier molecular flexibility index (Phi) is 6.79. The molecular weight excluding hydrogens is 301 g/mol. The van der Waals surface area contributed by atoms with Gasteiger partial charge in [-0.15, -0.1) is 0 Å². The third-order valence-electron chi connectivity index (χ3n) is 2.72. The molecule has 16 heavy (non-hydrogen) atoms. The Labute approximate surface area is 103 Å². The normalized spacial score (nSPS) is 30.4. The van der Waals surface area contributed by atoms with Crippen LogP contribution in [-0.4, -0.2) is 34.1 Å². The molecule has 0 aromatic carbocycles. The fraction of sp³-hybridized carbons (Fsp3) is 1.00. The fourth-order valence-electron chi connectivity index (χ4n) is 1.74. The minimum atomic E-state index is -1.79. The maximum atomic E-state index is 9.76. The van der Waals surface area contributed by atoms with Crippen molar-refractivity contribution in [1.29, 1.82) is 0 Å². The molecule has 98 valence electrons. The molecule has 0 radical (unpaired) electrons. The molecular formula is C10H20O5Ru. The SMILES string of the molecule is CC(C)(O)[C@H]1CCC[C@](C)(CO)O1.[O]=[Ru]=[O]. The van der Waals surface area contributed by atoms with Crippen LogP contribution in [0.5, 0.6) is 0 Å². The van der Waals surface area contributed by atoms with E-state index in [4.69, 9.17) is 17.0 Å². The second kappa shape index (κ2) is 6.75. The van der Waals surface area contributed by atoms with E-state index in [-0.39, 0.29) is 12.7 Å².